The van der Waals surface area contributed by atoms with Crippen LogP contribution in [0.3, 0.4) is 0 Å². The Kier molecular flexibility index (Phi) is 3.94. The number of hydrogen-bond acceptors (Lipinski definition) is 2. The Labute approximate surface area is 85.0 Å². The van der Waals surface area contributed by atoms with Crippen LogP contribution in [0.15, 0.2) is 17.5 Å². The molecule has 0 aliphatic rings. The van der Waals surface area contributed by atoms with Gasteiger partial charge in [0.05, 0.1) is 0 Å². The van der Waals surface area contributed by atoms with E-state index in [0.717, 1.165) is 6.42 Å². The number of nitrogens with two attached hydrogens (primary N) is 1. The van der Waals surface area contributed by atoms with E-state index in [-0.39, 0.29) is 0 Å². The molecule has 0 fully saturated rings. The van der Waals surface area contributed by atoms with Gasteiger partial charge in [0.2, 0.25) is 0 Å². The van der Waals surface area contributed by atoms with Gasteiger partial charge < -0.3 is 5.73 Å². The zero-order valence-electron chi connectivity index (χ0n) is 8.66. The topological polar surface area (TPSA) is 26.0 Å². The Morgan fingerprint density at radius 2 is 2.08 bits per heavy atom. The van der Waals surface area contributed by atoms with E-state index in [4.69, 9.17) is 5.73 Å². The number of rotatable bonds is 4. The monoisotopic (exact) mass is 197 g/mol. The van der Waals surface area contributed by atoms with Crippen LogP contribution in [0.1, 0.15) is 38.0 Å². The summed E-state index contributed by atoms with van der Waals surface area (Å²) in [4.78, 5) is 1.48. The normalized spacial score (nSPS) is 16.1. The molecule has 2 unspecified atom stereocenters. The summed E-state index contributed by atoms with van der Waals surface area (Å²) in [5.74, 6) is 1.32. The largest absolute Gasteiger partial charge is 0.328 e. The molecule has 2 N–H and O–H groups in total. The van der Waals surface area contributed by atoms with E-state index in [2.05, 4.69) is 38.3 Å². The van der Waals surface area contributed by atoms with E-state index in [0.29, 0.717) is 17.9 Å². The number of thiophene rings is 1. The van der Waals surface area contributed by atoms with Gasteiger partial charge in [0.1, 0.15) is 0 Å². The molecule has 1 aromatic heterocycles. The van der Waals surface area contributed by atoms with Gasteiger partial charge in [0.15, 0.2) is 0 Å². The van der Waals surface area contributed by atoms with Crippen molar-refractivity contribution in [3.63, 3.8) is 0 Å². The van der Waals surface area contributed by atoms with Gasteiger partial charge in [-0.05, 0) is 36.6 Å². The van der Waals surface area contributed by atoms with Crippen molar-refractivity contribution in [1.29, 1.82) is 0 Å². The molecule has 2 heteroatoms. The second-order valence-corrected chi connectivity index (χ2v) is 5.06. The van der Waals surface area contributed by atoms with Crippen molar-refractivity contribution in [1.82, 2.24) is 0 Å². The van der Waals surface area contributed by atoms with Gasteiger partial charge in [-0.3, -0.25) is 0 Å². The highest BCUT2D eigenvalue weighted by molar-refractivity contribution is 7.10. The Morgan fingerprint density at radius 3 is 2.46 bits per heavy atom. The minimum Gasteiger partial charge on any atom is -0.328 e. The summed E-state index contributed by atoms with van der Waals surface area (Å²) >= 11 is 1.85. The maximum atomic E-state index is 5.84. The van der Waals surface area contributed by atoms with Crippen molar-refractivity contribution in [2.75, 3.05) is 0 Å². The average molecular weight is 197 g/mol. The molecule has 0 radical (unpaired) electrons. The van der Waals surface area contributed by atoms with Crippen LogP contribution in [0, 0.1) is 5.92 Å². The number of hydrogen-bond donors (Lipinski definition) is 1. The first-order valence-electron chi connectivity index (χ1n) is 4.90. The fourth-order valence-electron chi connectivity index (χ4n) is 1.62. The summed E-state index contributed by atoms with van der Waals surface area (Å²) in [6, 6.07) is 4.64. The van der Waals surface area contributed by atoms with Crippen molar-refractivity contribution < 1.29 is 0 Å². The van der Waals surface area contributed by atoms with E-state index >= 15 is 0 Å². The fraction of sp³-hybridized carbons (Fsp3) is 0.636. The minimum atomic E-state index is 0.300. The SMILES string of the molecule is CC(N)CC(c1cccs1)C(C)C. The van der Waals surface area contributed by atoms with Crippen LogP contribution < -0.4 is 5.73 Å². The standard InChI is InChI=1S/C11H19NS/c1-8(2)10(7-9(3)12)11-5-4-6-13-11/h4-6,8-10H,7,12H2,1-3H3. The van der Waals surface area contributed by atoms with Gasteiger partial charge >= 0.3 is 0 Å². The van der Waals surface area contributed by atoms with Crippen LogP contribution >= 0.6 is 11.3 Å². The lowest BCUT2D eigenvalue weighted by molar-refractivity contribution is 0.443. The molecule has 0 aliphatic heterocycles. The molecule has 13 heavy (non-hydrogen) atoms. The second kappa shape index (κ2) is 4.77. The fourth-order valence-corrected chi connectivity index (χ4v) is 2.63. The van der Waals surface area contributed by atoms with Gasteiger partial charge in [0, 0.05) is 10.9 Å². The molecule has 74 valence electrons. The molecule has 2 atom stereocenters. The summed E-state index contributed by atoms with van der Waals surface area (Å²) in [5, 5.41) is 2.14. The van der Waals surface area contributed by atoms with Crippen molar-refractivity contribution in [3.05, 3.63) is 22.4 Å². The third-order valence-electron chi connectivity index (χ3n) is 2.34. The predicted molar refractivity (Wildman–Crippen MR) is 60.2 cm³/mol. The summed E-state index contributed by atoms with van der Waals surface area (Å²) in [5.41, 5.74) is 5.84. The highest BCUT2D eigenvalue weighted by atomic mass is 32.1. The summed E-state index contributed by atoms with van der Waals surface area (Å²) in [6.07, 6.45) is 1.10. The van der Waals surface area contributed by atoms with Gasteiger partial charge in [-0.2, -0.15) is 0 Å². The zero-order chi connectivity index (χ0) is 9.84. The summed E-state index contributed by atoms with van der Waals surface area (Å²) in [7, 11) is 0. The van der Waals surface area contributed by atoms with Gasteiger partial charge in [-0.15, -0.1) is 11.3 Å². The van der Waals surface area contributed by atoms with Crippen LogP contribution in [0.2, 0.25) is 0 Å². The third kappa shape index (κ3) is 3.12. The molecule has 0 bridgehead atoms. The highest BCUT2D eigenvalue weighted by Crippen LogP contribution is 2.31. The lowest BCUT2D eigenvalue weighted by Crippen LogP contribution is -2.20. The summed E-state index contributed by atoms with van der Waals surface area (Å²) < 4.78 is 0. The van der Waals surface area contributed by atoms with Crippen molar-refractivity contribution in [3.8, 4) is 0 Å². The first-order valence-corrected chi connectivity index (χ1v) is 5.78. The molecule has 0 aliphatic carbocycles. The second-order valence-electron chi connectivity index (χ2n) is 4.08. The Bertz CT molecular complexity index is 226. The van der Waals surface area contributed by atoms with Gasteiger partial charge in [0.25, 0.3) is 0 Å². The van der Waals surface area contributed by atoms with Crippen molar-refractivity contribution in [2.24, 2.45) is 11.7 Å². The average Bonchev–Trinajstić information content (AvgIpc) is 2.50. The van der Waals surface area contributed by atoms with Crippen molar-refractivity contribution >= 4 is 11.3 Å². The van der Waals surface area contributed by atoms with Crippen LogP contribution in [0.25, 0.3) is 0 Å². The smallest absolute Gasteiger partial charge is 0.00793 e. The van der Waals surface area contributed by atoms with Crippen LogP contribution in [0.4, 0.5) is 0 Å². The van der Waals surface area contributed by atoms with Crippen LogP contribution in [0.5, 0.6) is 0 Å². The van der Waals surface area contributed by atoms with Crippen molar-refractivity contribution in [2.45, 2.75) is 39.2 Å². The van der Waals surface area contributed by atoms with Crippen LogP contribution in [-0.4, -0.2) is 6.04 Å². The molecular weight excluding hydrogens is 178 g/mol. The maximum absolute atomic E-state index is 5.84. The molecule has 0 spiro atoms. The minimum absolute atomic E-state index is 0.300. The molecule has 1 aromatic rings. The van der Waals surface area contributed by atoms with E-state index in [9.17, 15) is 0 Å². The zero-order valence-corrected chi connectivity index (χ0v) is 9.47. The lowest BCUT2D eigenvalue weighted by Gasteiger charge is -2.21. The molecule has 1 heterocycles. The molecule has 0 aromatic carbocycles. The highest BCUT2D eigenvalue weighted by Gasteiger charge is 2.17. The van der Waals surface area contributed by atoms with E-state index in [1.807, 2.05) is 11.3 Å². The molecule has 1 nitrogen and oxygen atoms in total. The molecule has 0 saturated carbocycles. The third-order valence-corrected chi connectivity index (χ3v) is 3.34. The Hall–Kier alpha value is -0.340. The van der Waals surface area contributed by atoms with Gasteiger partial charge in [-0.25, -0.2) is 0 Å². The lowest BCUT2D eigenvalue weighted by atomic mass is 9.88. The van der Waals surface area contributed by atoms with Crippen LogP contribution in [-0.2, 0) is 0 Å². The summed E-state index contributed by atoms with van der Waals surface area (Å²) in [6.45, 7) is 6.63. The maximum Gasteiger partial charge on any atom is 0.00793 e. The first-order chi connectivity index (χ1) is 6.11. The van der Waals surface area contributed by atoms with Gasteiger partial charge in [-0.1, -0.05) is 19.9 Å². The molecule has 0 amide bonds. The quantitative estimate of drug-likeness (QED) is 0.788. The van der Waals surface area contributed by atoms with E-state index in [1.54, 1.807) is 0 Å². The first kappa shape index (κ1) is 10.7. The van der Waals surface area contributed by atoms with E-state index < -0.39 is 0 Å². The predicted octanol–water partition coefficient (Wildman–Crippen LogP) is 3.23. The Balaban J connectivity index is 2.69. The molecule has 0 saturated heterocycles. The Morgan fingerprint density at radius 1 is 1.38 bits per heavy atom. The van der Waals surface area contributed by atoms with E-state index in [1.165, 1.54) is 4.88 Å². The molecular formula is C11H19NS. The molecule has 1 rings (SSSR count).